The van der Waals surface area contributed by atoms with Crippen LogP contribution in [0.25, 0.3) is 0 Å². The standard InChI is InChI=1S/C20H35N5O5S/c1-4-6-8-12-24(19(27)15-9-13-23(14-10-15)31(3,29)30)16-17(21)25(11-7-5-2)20(28)22-18(16)26/h15H,4-14,21H2,1-3H3,(H,22,26,28). The van der Waals surface area contributed by atoms with Crippen molar-refractivity contribution in [2.45, 2.75) is 65.3 Å². The van der Waals surface area contributed by atoms with Crippen LogP contribution >= 0.6 is 0 Å². The van der Waals surface area contributed by atoms with Crippen LogP contribution < -0.4 is 21.9 Å². The Morgan fingerprint density at radius 3 is 2.29 bits per heavy atom. The second kappa shape index (κ2) is 10.9. The van der Waals surface area contributed by atoms with Gasteiger partial charge in [-0.15, -0.1) is 0 Å². The average Bonchev–Trinajstić information content (AvgIpc) is 2.71. The lowest BCUT2D eigenvalue weighted by molar-refractivity contribution is -0.123. The largest absolute Gasteiger partial charge is 0.383 e. The van der Waals surface area contributed by atoms with E-state index in [0.29, 0.717) is 38.8 Å². The highest BCUT2D eigenvalue weighted by Gasteiger charge is 2.33. The number of sulfonamides is 1. The van der Waals surface area contributed by atoms with E-state index in [0.717, 1.165) is 25.5 Å². The second-order valence-corrected chi connectivity index (χ2v) is 10.1. The molecule has 0 saturated carbocycles. The Hall–Kier alpha value is -2.14. The quantitative estimate of drug-likeness (QED) is 0.505. The molecule has 176 valence electrons. The van der Waals surface area contributed by atoms with Crippen molar-refractivity contribution in [3.8, 4) is 0 Å². The van der Waals surface area contributed by atoms with Crippen molar-refractivity contribution in [1.82, 2.24) is 13.9 Å². The van der Waals surface area contributed by atoms with Crippen molar-refractivity contribution < 1.29 is 13.2 Å². The fraction of sp³-hybridized carbons (Fsp3) is 0.750. The van der Waals surface area contributed by atoms with E-state index in [2.05, 4.69) is 4.98 Å². The Bertz CT molecular complexity index is 977. The number of nitrogen functional groups attached to an aromatic ring is 1. The number of nitrogens with two attached hydrogens (primary N) is 1. The Morgan fingerprint density at radius 1 is 1.13 bits per heavy atom. The summed E-state index contributed by atoms with van der Waals surface area (Å²) < 4.78 is 26.2. The fourth-order valence-corrected chi connectivity index (χ4v) is 4.76. The Morgan fingerprint density at radius 2 is 1.74 bits per heavy atom. The van der Waals surface area contributed by atoms with Crippen LogP contribution in [0, 0.1) is 5.92 Å². The number of aromatic nitrogens is 2. The smallest absolute Gasteiger partial charge is 0.330 e. The van der Waals surface area contributed by atoms with Gasteiger partial charge in [-0.3, -0.25) is 19.1 Å². The first-order chi connectivity index (χ1) is 14.6. The molecule has 0 radical (unpaired) electrons. The van der Waals surface area contributed by atoms with E-state index in [9.17, 15) is 22.8 Å². The molecule has 0 unspecified atom stereocenters. The summed E-state index contributed by atoms with van der Waals surface area (Å²) in [5.74, 6) is -0.655. The van der Waals surface area contributed by atoms with Crippen LogP contribution in [0.15, 0.2) is 9.59 Å². The molecule has 1 aromatic rings. The molecule has 0 aliphatic carbocycles. The maximum atomic E-state index is 13.4. The summed E-state index contributed by atoms with van der Waals surface area (Å²) in [5.41, 5.74) is 5.00. The molecule has 2 heterocycles. The molecule has 31 heavy (non-hydrogen) atoms. The van der Waals surface area contributed by atoms with Gasteiger partial charge in [0, 0.05) is 32.1 Å². The SMILES string of the molecule is CCCCCN(C(=O)C1CCN(S(C)(=O)=O)CC1)c1c(N)n(CCCC)c(=O)[nH]c1=O. The molecule has 1 amide bonds. The van der Waals surface area contributed by atoms with Crippen LogP contribution in [0.1, 0.15) is 58.8 Å². The minimum atomic E-state index is -3.30. The highest BCUT2D eigenvalue weighted by Crippen LogP contribution is 2.26. The van der Waals surface area contributed by atoms with Crippen LogP contribution in [-0.4, -0.2) is 54.1 Å². The first kappa shape index (κ1) is 25.1. The molecule has 0 aromatic carbocycles. The number of H-pyrrole nitrogens is 1. The number of carbonyl (C=O) groups is 1. The van der Waals surface area contributed by atoms with Crippen molar-refractivity contribution in [3.05, 3.63) is 20.8 Å². The number of rotatable bonds is 10. The number of piperidine rings is 1. The van der Waals surface area contributed by atoms with Crippen molar-refractivity contribution in [2.24, 2.45) is 5.92 Å². The van der Waals surface area contributed by atoms with Crippen LogP contribution in [0.4, 0.5) is 11.5 Å². The zero-order valence-electron chi connectivity index (χ0n) is 18.7. The minimum Gasteiger partial charge on any atom is -0.383 e. The summed E-state index contributed by atoms with van der Waals surface area (Å²) in [6.45, 7) is 5.23. The highest BCUT2D eigenvalue weighted by molar-refractivity contribution is 7.88. The van der Waals surface area contributed by atoms with E-state index >= 15 is 0 Å². The lowest BCUT2D eigenvalue weighted by Gasteiger charge is -2.33. The number of nitrogens with one attached hydrogen (secondary N) is 1. The molecule has 0 bridgehead atoms. The first-order valence-corrected chi connectivity index (χ1v) is 12.9. The highest BCUT2D eigenvalue weighted by atomic mass is 32.2. The van der Waals surface area contributed by atoms with Gasteiger partial charge in [0.05, 0.1) is 6.26 Å². The number of amides is 1. The predicted molar refractivity (Wildman–Crippen MR) is 122 cm³/mol. The van der Waals surface area contributed by atoms with Gasteiger partial charge in [-0.25, -0.2) is 17.5 Å². The number of unbranched alkanes of at least 4 members (excludes halogenated alkanes) is 3. The van der Waals surface area contributed by atoms with Crippen LogP contribution in [0.3, 0.4) is 0 Å². The Kier molecular flexibility index (Phi) is 8.87. The molecule has 1 fully saturated rings. The fourth-order valence-electron chi connectivity index (χ4n) is 3.88. The maximum absolute atomic E-state index is 13.4. The molecule has 1 aliphatic rings. The molecule has 11 heteroatoms. The van der Waals surface area contributed by atoms with E-state index in [1.54, 1.807) is 0 Å². The molecule has 1 aliphatic heterocycles. The third kappa shape index (κ3) is 6.19. The number of anilines is 2. The summed E-state index contributed by atoms with van der Waals surface area (Å²) in [5, 5.41) is 0. The molecule has 2 rings (SSSR count). The third-order valence-electron chi connectivity index (χ3n) is 5.74. The van der Waals surface area contributed by atoms with Gasteiger partial charge in [-0.05, 0) is 25.7 Å². The molecular formula is C20H35N5O5S. The molecule has 1 aromatic heterocycles. The van der Waals surface area contributed by atoms with Crippen molar-refractivity contribution >= 4 is 27.4 Å². The van der Waals surface area contributed by atoms with Gasteiger partial charge < -0.3 is 10.6 Å². The summed E-state index contributed by atoms with van der Waals surface area (Å²) >= 11 is 0. The number of hydrogen-bond donors (Lipinski definition) is 2. The van der Waals surface area contributed by atoms with Gasteiger partial charge in [0.15, 0.2) is 5.69 Å². The summed E-state index contributed by atoms with van der Waals surface area (Å²) in [7, 11) is -3.30. The zero-order valence-corrected chi connectivity index (χ0v) is 19.5. The van der Waals surface area contributed by atoms with E-state index in [-0.39, 0.29) is 30.5 Å². The number of hydrogen-bond acceptors (Lipinski definition) is 6. The lowest BCUT2D eigenvalue weighted by atomic mass is 9.96. The van der Waals surface area contributed by atoms with Gasteiger partial charge in [-0.1, -0.05) is 33.1 Å². The van der Waals surface area contributed by atoms with E-state index in [1.807, 2.05) is 13.8 Å². The number of nitrogens with zero attached hydrogens (tertiary/aromatic N) is 3. The van der Waals surface area contributed by atoms with Gasteiger partial charge in [0.25, 0.3) is 5.56 Å². The van der Waals surface area contributed by atoms with E-state index in [1.165, 1.54) is 13.8 Å². The van der Waals surface area contributed by atoms with Gasteiger partial charge in [0.2, 0.25) is 15.9 Å². The second-order valence-electron chi connectivity index (χ2n) is 8.13. The van der Waals surface area contributed by atoms with Crippen LogP contribution in [-0.2, 0) is 21.4 Å². The topological polar surface area (TPSA) is 139 Å². The third-order valence-corrected chi connectivity index (χ3v) is 7.05. The summed E-state index contributed by atoms with van der Waals surface area (Å²) in [6.07, 6.45) is 5.98. The number of aromatic amines is 1. The monoisotopic (exact) mass is 457 g/mol. The van der Waals surface area contributed by atoms with Crippen LogP contribution in [0.5, 0.6) is 0 Å². The van der Waals surface area contributed by atoms with Crippen molar-refractivity contribution in [3.63, 3.8) is 0 Å². The molecule has 0 spiro atoms. The zero-order chi connectivity index (χ0) is 23.2. The predicted octanol–water partition coefficient (Wildman–Crippen LogP) is 1.11. The Balaban J connectivity index is 2.37. The van der Waals surface area contributed by atoms with E-state index in [4.69, 9.17) is 5.73 Å². The van der Waals surface area contributed by atoms with Gasteiger partial charge in [-0.2, -0.15) is 0 Å². The van der Waals surface area contributed by atoms with Crippen LogP contribution in [0.2, 0.25) is 0 Å². The van der Waals surface area contributed by atoms with Crippen molar-refractivity contribution in [2.75, 3.05) is 36.5 Å². The average molecular weight is 458 g/mol. The van der Waals surface area contributed by atoms with E-state index < -0.39 is 27.2 Å². The van der Waals surface area contributed by atoms with Gasteiger partial charge >= 0.3 is 5.69 Å². The minimum absolute atomic E-state index is 0.000574. The summed E-state index contributed by atoms with van der Waals surface area (Å²) in [4.78, 5) is 42.1. The molecule has 10 nitrogen and oxygen atoms in total. The maximum Gasteiger partial charge on any atom is 0.330 e. The molecule has 3 N–H and O–H groups in total. The molecule has 1 saturated heterocycles. The summed E-state index contributed by atoms with van der Waals surface area (Å²) in [6, 6.07) is 0. The lowest BCUT2D eigenvalue weighted by Crippen LogP contribution is -2.47. The molecular weight excluding hydrogens is 422 g/mol. The van der Waals surface area contributed by atoms with Gasteiger partial charge in [0.1, 0.15) is 5.82 Å². The Labute approximate surface area is 183 Å². The van der Waals surface area contributed by atoms with Crippen molar-refractivity contribution in [1.29, 1.82) is 0 Å². The normalized spacial score (nSPS) is 15.8. The first-order valence-electron chi connectivity index (χ1n) is 11.0. The number of carbonyl (C=O) groups excluding carboxylic acids is 1. The molecule has 0 atom stereocenters.